The second-order valence-electron chi connectivity index (χ2n) is 2.80. The molecule has 3 heteroatoms. The molecule has 1 aromatic rings. The molecule has 1 N–H and O–H groups in total. The molecule has 0 amide bonds. The highest BCUT2D eigenvalue weighted by molar-refractivity contribution is 5.05. The average Bonchev–Trinajstić information content (AvgIpc) is 2.59. The summed E-state index contributed by atoms with van der Waals surface area (Å²) >= 11 is 0. The van der Waals surface area contributed by atoms with Crippen molar-refractivity contribution in [3.63, 3.8) is 0 Å². The molecule has 0 aliphatic heterocycles. The molecule has 0 bridgehead atoms. The lowest BCUT2D eigenvalue weighted by atomic mass is 10.2. The number of aryl methyl sites for hydroxylation is 1. The van der Waals surface area contributed by atoms with Crippen LogP contribution in [0.2, 0.25) is 0 Å². The zero-order chi connectivity index (χ0) is 9.52. The van der Waals surface area contributed by atoms with Gasteiger partial charge in [0.1, 0.15) is 6.54 Å². The predicted octanol–water partition coefficient (Wildman–Crippen LogP) is 0.831. The van der Waals surface area contributed by atoms with E-state index in [0.717, 1.165) is 18.4 Å². The van der Waals surface area contributed by atoms with Gasteiger partial charge < -0.3 is 5.11 Å². The highest BCUT2D eigenvalue weighted by Crippen LogP contribution is 2.00. The average molecular weight is 178 g/mol. The molecule has 0 aliphatic rings. The Bertz CT molecular complexity index is 306. The Morgan fingerprint density at radius 3 is 3.15 bits per heavy atom. The molecule has 13 heavy (non-hydrogen) atoms. The zero-order valence-electron chi connectivity index (χ0n) is 7.82. The Morgan fingerprint density at radius 1 is 1.62 bits per heavy atom. The first-order chi connectivity index (χ1) is 6.36. The predicted molar refractivity (Wildman–Crippen MR) is 51.1 cm³/mol. The van der Waals surface area contributed by atoms with Crippen LogP contribution in [0.1, 0.15) is 18.9 Å². The molecular weight excluding hydrogens is 164 g/mol. The molecule has 0 spiro atoms. The molecule has 70 valence electrons. The molecule has 0 radical (unpaired) electrons. The van der Waals surface area contributed by atoms with Gasteiger partial charge >= 0.3 is 0 Å². The minimum atomic E-state index is 0.236. The van der Waals surface area contributed by atoms with Gasteiger partial charge in [0.05, 0.1) is 6.20 Å². The summed E-state index contributed by atoms with van der Waals surface area (Å²) in [4.78, 5) is 0. The van der Waals surface area contributed by atoms with Crippen molar-refractivity contribution < 1.29 is 5.11 Å². The highest BCUT2D eigenvalue weighted by atomic mass is 16.2. The lowest BCUT2D eigenvalue weighted by Crippen LogP contribution is -1.94. The molecular formula is C10H14N2O. The van der Waals surface area contributed by atoms with Gasteiger partial charge in [0.2, 0.25) is 0 Å². The van der Waals surface area contributed by atoms with Crippen LogP contribution in [0, 0.1) is 11.8 Å². The van der Waals surface area contributed by atoms with Gasteiger partial charge in [0.25, 0.3) is 0 Å². The van der Waals surface area contributed by atoms with Gasteiger partial charge in [-0.2, -0.15) is 5.10 Å². The van der Waals surface area contributed by atoms with E-state index in [1.165, 1.54) is 0 Å². The van der Waals surface area contributed by atoms with E-state index in [-0.39, 0.29) is 6.61 Å². The van der Waals surface area contributed by atoms with Gasteiger partial charge in [-0.25, -0.2) is 0 Å². The summed E-state index contributed by atoms with van der Waals surface area (Å²) < 4.78 is 1.81. The number of aliphatic hydroxyl groups excluding tert-OH is 1. The second-order valence-corrected chi connectivity index (χ2v) is 2.80. The second kappa shape index (κ2) is 5.39. The Kier molecular flexibility index (Phi) is 4.07. The maximum Gasteiger partial charge on any atom is 0.102 e. The van der Waals surface area contributed by atoms with E-state index in [9.17, 15) is 0 Å². The lowest BCUT2D eigenvalue weighted by molar-refractivity contribution is 0.288. The van der Waals surface area contributed by atoms with Crippen LogP contribution in [0.15, 0.2) is 12.4 Å². The van der Waals surface area contributed by atoms with Gasteiger partial charge in [-0.1, -0.05) is 5.92 Å². The summed E-state index contributed by atoms with van der Waals surface area (Å²) in [6, 6.07) is 0. The van der Waals surface area contributed by atoms with E-state index in [4.69, 9.17) is 5.11 Å². The molecule has 0 fully saturated rings. The molecule has 0 saturated heterocycles. The lowest BCUT2D eigenvalue weighted by Gasteiger charge is -1.92. The quantitative estimate of drug-likeness (QED) is 0.693. The van der Waals surface area contributed by atoms with Gasteiger partial charge in [0.15, 0.2) is 0 Å². The third-order valence-electron chi connectivity index (χ3n) is 1.73. The first kappa shape index (κ1) is 9.82. The van der Waals surface area contributed by atoms with E-state index >= 15 is 0 Å². The van der Waals surface area contributed by atoms with Crippen molar-refractivity contribution in [3.8, 4) is 11.8 Å². The Hall–Kier alpha value is -1.27. The third-order valence-corrected chi connectivity index (χ3v) is 1.73. The maximum atomic E-state index is 8.63. The van der Waals surface area contributed by atoms with Crippen LogP contribution < -0.4 is 0 Å². The third kappa shape index (κ3) is 3.30. The van der Waals surface area contributed by atoms with Gasteiger partial charge in [-0.3, -0.25) is 4.68 Å². The molecule has 0 aliphatic carbocycles. The van der Waals surface area contributed by atoms with Crippen LogP contribution in [0.25, 0.3) is 0 Å². The molecule has 0 saturated carbocycles. The van der Waals surface area contributed by atoms with Crippen molar-refractivity contribution in [2.45, 2.75) is 26.3 Å². The monoisotopic (exact) mass is 178 g/mol. The Balaban J connectivity index is 2.46. The van der Waals surface area contributed by atoms with Crippen molar-refractivity contribution >= 4 is 0 Å². The summed E-state index contributed by atoms with van der Waals surface area (Å²) in [5.41, 5.74) is 1.16. The number of hydrogen-bond donors (Lipinski definition) is 1. The van der Waals surface area contributed by atoms with Crippen molar-refractivity contribution in [1.29, 1.82) is 0 Å². The molecule has 1 aromatic heterocycles. The maximum absolute atomic E-state index is 8.63. The van der Waals surface area contributed by atoms with Crippen LogP contribution in [0.4, 0.5) is 0 Å². The Morgan fingerprint density at radius 2 is 2.46 bits per heavy atom. The van der Waals surface area contributed by atoms with Crippen molar-refractivity contribution in [2.75, 3.05) is 6.61 Å². The van der Waals surface area contributed by atoms with E-state index in [1.54, 1.807) is 0 Å². The summed E-state index contributed by atoms with van der Waals surface area (Å²) in [5, 5.41) is 12.8. The first-order valence-corrected chi connectivity index (χ1v) is 4.38. The largest absolute Gasteiger partial charge is 0.396 e. The fraction of sp³-hybridized carbons (Fsp3) is 0.500. The molecule has 0 atom stereocenters. The molecule has 1 heterocycles. The zero-order valence-corrected chi connectivity index (χ0v) is 7.82. The Labute approximate surface area is 78.4 Å². The summed E-state index contributed by atoms with van der Waals surface area (Å²) in [7, 11) is 0. The van der Waals surface area contributed by atoms with Gasteiger partial charge in [-0.15, -0.1) is 5.92 Å². The van der Waals surface area contributed by atoms with Crippen LogP contribution >= 0.6 is 0 Å². The summed E-state index contributed by atoms with van der Waals surface area (Å²) in [6.07, 6.45) is 5.48. The van der Waals surface area contributed by atoms with Crippen LogP contribution in [0.3, 0.4) is 0 Å². The molecule has 3 nitrogen and oxygen atoms in total. The van der Waals surface area contributed by atoms with E-state index in [0.29, 0.717) is 6.54 Å². The smallest absolute Gasteiger partial charge is 0.102 e. The van der Waals surface area contributed by atoms with Crippen molar-refractivity contribution in [1.82, 2.24) is 9.78 Å². The molecule has 0 unspecified atom stereocenters. The number of rotatable bonds is 4. The van der Waals surface area contributed by atoms with Crippen molar-refractivity contribution in [2.24, 2.45) is 0 Å². The SMILES string of the molecule is CC#CCn1cc(CCCO)cn1. The van der Waals surface area contributed by atoms with E-state index in [2.05, 4.69) is 16.9 Å². The van der Waals surface area contributed by atoms with Gasteiger partial charge in [-0.05, 0) is 25.3 Å². The van der Waals surface area contributed by atoms with Crippen molar-refractivity contribution in [3.05, 3.63) is 18.0 Å². The summed E-state index contributed by atoms with van der Waals surface area (Å²) in [6.45, 7) is 2.70. The molecule has 1 rings (SSSR count). The fourth-order valence-corrected chi connectivity index (χ4v) is 1.07. The van der Waals surface area contributed by atoms with E-state index < -0.39 is 0 Å². The minimum absolute atomic E-state index is 0.236. The van der Waals surface area contributed by atoms with Crippen LogP contribution in [-0.4, -0.2) is 21.5 Å². The van der Waals surface area contributed by atoms with Gasteiger partial charge in [0, 0.05) is 12.8 Å². The van der Waals surface area contributed by atoms with E-state index in [1.807, 2.05) is 24.0 Å². The summed E-state index contributed by atoms with van der Waals surface area (Å²) in [5.74, 6) is 5.75. The number of hydrogen-bond acceptors (Lipinski definition) is 2. The number of aromatic nitrogens is 2. The normalized spacial score (nSPS) is 9.38. The van der Waals surface area contributed by atoms with Crippen LogP contribution in [0.5, 0.6) is 0 Å². The minimum Gasteiger partial charge on any atom is -0.396 e. The molecule has 0 aromatic carbocycles. The number of aliphatic hydroxyl groups is 1. The standard InChI is InChI=1S/C10H14N2O/c1-2-3-6-12-9-10(8-11-12)5-4-7-13/h8-9,13H,4-7H2,1H3. The highest BCUT2D eigenvalue weighted by Gasteiger charge is 1.96. The number of nitrogens with zero attached hydrogens (tertiary/aromatic N) is 2. The first-order valence-electron chi connectivity index (χ1n) is 4.38. The fourth-order valence-electron chi connectivity index (χ4n) is 1.07. The van der Waals surface area contributed by atoms with Crippen LogP contribution in [-0.2, 0) is 13.0 Å². The topological polar surface area (TPSA) is 38.0 Å².